The fraction of sp³-hybridized carbons (Fsp3) is 0.375. The minimum atomic E-state index is -3.84. The van der Waals surface area contributed by atoms with Crippen LogP contribution in [0, 0.1) is 0 Å². The summed E-state index contributed by atoms with van der Waals surface area (Å²) in [7, 11) is -2.27. The van der Waals surface area contributed by atoms with Crippen molar-refractivity contribution in [3.8, 4) is 17.2 Å². The number of benzene rings is 3. The fourth-order valence-electron chi connectivity index (χ4n) is 5.13. The Balaban J connectivity index is 1.58. The average molecular weight is 594 g/mol. The molecule has 1 saturated carbocycles. The smallest absolute Gasteiger partial charge is 0.244 e. The van der Waals surface area contributed by atoms with E-state index in [1.165, 1.54) is 4.90 Å². The van der Waals surface area contributed by atoms with E-state index in [0.717, 1.165) is 41.8 Å². The van der Waals surface area contributed by atoms with Crippen LogP contribution in [0.25, 0.3) is 0 Å². The van der Waals surface area contributed by atoms with Crippen LogP contribution in [0.2, 0.25) is 0 Å². The zero-order valence-electron chi connectivity index (χ0n) is 24.4. The highest BCUT2D eigenvalue weighted by molar-refractivity contribution is 7.92. The van der Waals surface area contributed by atoms with Gasteiger partial charge >= 0.3 is 0 Å². The van der Waals surface area contributed by atoms with Gasteiger partial charge < -0.3 is 19.7 Å². The van der Waals surface area contributed by atoms with E-state index in [2.05, 4.69) is 5.32 Å². The lowest BCUT2D eigenvalue weighted by Gasteiger charge is -2.33. The van der Waals surface area contributed by atoms with Crippen molar-refractivity contribution in [3.63, 3.8) is 0 Å². The first-order chi connectivity index (χ1) is 20.2. The van der Waals surface area contributed by atoms with E-state index >= 15 is 0 Å². The standard InChI is InChI=1S/C32H39N3O6S/c1-4-30(32(37)33-25-10-8-9-11-25)34(22-24-14-18-27(40-2)19-15-24)31(36)23-35(42(3,38)39)26-16-20-29(21-17-26)41-28-12-6-5-7-13-28/h5-7,12-21,25,30H,4,8-11,22-23H2,1-3H3,(H,33,37). The van der Waals surface area contributed by atoms with Gasteiger partial charge in [0.05, 0.1) is 19.1 Å². The monoisotopic (exact) mass is 593 g/mol. The molecule has 0 bridgehead atoms. The summed E-state index contributed by atoms with van der Waals surface area (Å²) in [6.07, 6.45) is 5.40. The fourth-order valence-corrected chi connectivity index (χ4v) is 5.98. The van der Waals surface area contributed by atoms with Crippen molar-refractivity contribution < 1.29 is 27.5 Å². The van der Waals surface area contributed by atoms with Gasteiger partial charge in [0.15, 0.2) is 0 Å². The minimum Gasteiger partial charge on any atom is -0.497 e. The van der Waals surface area contributed by atoms with Crippen LogP contribution in [0.15, 0.2) is 78.9 Å². The van der Waals surface area contributed by atoms with Crippen molar-refractivity contribution in [3.05, 3.63) is 84.4 Å². The van der Waals surface area contributed by atoms with Crippen LogP contribution >= 0.6 is 0 Å². The molecule has 1 aliphatic carbocycles. The van der Waals surface area contributed by atoms with E-state index < -0.39 is 28.5 Å². The van der Waals surface area contributed by atoms with Crippen molar-refractivity contribution >= 4 is 27.5 Å². The number of methoxy groups -OCH3 is 1. The normalized spacial score (nSPS) is 14.2. The van der Waals surface area contributed by atoms with Crippen LogP contribution in [0.5, 0.6) is 17.2 Å². The Kier molecular flexibility index (Phi) is 10.5. The van der Waals surface area contributed by atoms with Gasteiger partial charge in [-0.15, -0.1) is 0 Å². The predicted molar refractivity (Wildman–Crippen MR) is 163 cm³/mol. The van der Waals surface area contributed by atoms with Crippen LogP contribution in [0.1, 0.15) is 44.6 Å². The highest BCUT2D eigenvalue weighted by Crippen LogP contribution is 2.26. The lowest BCUT2D eigenvalue weighted by Crippen LogP contribution is -2.53. The minimum absolute atomic E-state index is 0.0913. The Labute approximate surface area is 248 Å². The second-order valence-corrected chi connectivity index (χ2v) is 12.4. The number of nitrogens with zero attached hydrogens (tertiary/aromatic N) is 2. The van der Waals surface area contributed by atoms with Crippen LogP contribution < -0.4 is 19.1 Å². The van der Waals surface area contributed by atoms with Gasteiger partial charge in [0, 0.05) is 12.6 Å². The first kappa shape index (κ1) is 30.9. The Bertz CT molecular complexity index is 1420. The number of carbonyl (C=O) groups is 2. The van der Waals surface area contributed by atoms with Crippen molar-refractivity contribution in [1.82, 2.24) is 10.2 Å². The number of ether oxygens (including phenoxy) is 2. The van der Waals surface area contributed by atoms with E-state index in [4.69, 9.17) is 9.47 Å². The van der Waals surface area contributed by atoms with Crippen molar-refractivity contribution in [1.29, 1.82) is 0 Å². The number of amides is 2. The van der Waals surface area contributed by atoms with E-state index in [9.17, 15) is 18.0 Å². The van der Waals surface area contributed by atoms with E-state index in [-0.39, 0.29) is 18.5 Å². The molecular formula is C32H39N3O6S. The molecule has 1 fully saturated rings. The molecule has 0 heterocycles. The Hall–Kier alpha value is -4.05. The predicted octanol–water partition coefficient (Wildman–Crippen LogP) is 5.12. The molecule has 3 aromatic carbocycles. The Morgan fingerprint density at radius 3 is 2.07 bits per heavy atom. The van der Waals surface area contributed by atoms with E-state index in [1.807, 2.05) is 49.4 Å². The summed E-state index contributed by atoms with van der Waals surface area (Å²) in [6, 6.07) is 22.3. The molecule has 1 N–H and O–H groups in total. The molecule has 0 radical (unpaired) electrons. The molecule has 2 amide bonds. The van der Waals surface area contributed by atoms with Gasteiger partial charge in [-0.25, -0.2) is 8.42 Å². The van der Waals surface area contributed by atoms with Gasteiger partial charge in [-0.1, -0.05) is 50.1 Å². The second kappa shape index (κ2) is 14.2. The zero-order valence-corrected chi connectivity index (χ0v) is 25.2. The molecule has 42 heavy (non-hydrogen) atoms. The molecule has 224 valence electrons. The maximum atomic E-state index is 13.9. The quantitative estimate of drug-likeness (QED) is 0.295. The first-order valence-corrected chi connectivity index (χ1v) is 16.1. The highest BCUT2D eigenvalue weighted by Gasteiger charge is 2.33. The average Bonchev–Trinajstić information content (AvgIpc) is 3.49. The third-order valence-corrected chi connectivity index (χ3v) is 8.52. The van der Waals surface area contributed by atoms with Gasteiger partial charge in [-0.3, -0.25) is 13.9 Å². The summed E-state index contributed by atoms with van der Waals surface area (Å²) in [5.74, 6) is 1.15. The SMILES string of the molecule is CCC(C(=O)NC1CCCC1)N(Cc1ccc(OC)cc1)C(=O)CN(c1ccc(Oc2ccccc2)cc1)S(C)(=O)=O. The number of sulfonamides is 1. The van der Waals surface area contributed by atoms with Gasteiger partial charge in [-0.2, -0.15) is 0 Å². The number of hydrogen-bond acceptors (Lipinski definition) is 6. The Morgan fingerprint density at radius 2 is 1.50 bits per heavy atom. The number of hydrogen-bond donors (Lipinski definition) is 1. The molecule has 1 aliphatic rings. The second-order valence-electron chi connectivity index (χ2n) is 10.5. The molecule has 9 nitrogen and oxygen atoms in total. The van der Waals surface area contributed by atoms with Crippen molar-refractivity contribution in [2.45, 2.75) is 57.7 Å². The topological polar surface area (TPSA) is 105 Å². The molecule has 3 aromatic rings. The lowest BCUT2D eigenvalue weighted by molar-refractivity contribution is -0.140. The number of anilines is 1. The summed E-state index contributed by atoms with van der Waals surface area (Å²) in [6.45, 7) is 1.54. The maximum Gasteiger partial charge on any atom is 0.244 e. The van der Waals surface area contributed by atoms with Crippen LogP contribution in [0.4, 0.5) is 5.69 Å². The molecule has 0 saturated heterocycles. The van der Waals surface area contributed by atoms with E-state index in [1.54, 1.807) is 43.5 Å². The lowest BCUT2D eigenvalue weighted by atomic mass is 10.1. The van der Waals surface area contributed by atoms with Gasteiger partial charge in [0.25, 0.3) is 0 Å². The van der Waals surface area contributed by atoms with Crippen LogP contribution in [0.3, 0.4) is 0 Å². The Morgan fingerprint density at radius 1 is 0.905 bits per heavy atom. The largest absolute Gasteiger partial charge is 0.497 e. The molecule has 0 aromatic heterocycles. The third-order valence-electron chi connectivity index (χ3n) is 7.38. The highest BCUT2D eigenvalue weighted by atomic mass is 32.2. The molecule has 1 unspecified atom stereocenters. The van der Waals surface area contributed by atoms with Crippen LogP contribution in [-0.2, 0) is 26.2 Å². The summed E-state index contributed by atoms with van der Waals surface area (Å²) in [5.41, 5.74) is 1.11. The summed E-state index contributed by atoms with van der Waals surface area (Å²) in [5, 5.41) is 3.11. The van der Waals surface area contributed by atoms with Crippen molar-refractivity contribution in [2.24, 2.45) is 0 Å². The van der Waals surface area contributed by atoms with Gasteiger partial charge in [0.1, 0.15) is 29.8 Å². The van der Waals surface area contributed by atoms with E-state index in [0.29, 0.717) is 29.4 Å². The molecule has 4 rings (SSSR count). The molecule has 1 atom stereocenters. The maximum absolute atomic E-state index is 13.9. The third kappa shape index (κ3) is 8.25. The van der Waals surface area contributed by atoms with Crippen molar-refractivity contribution in [2.75, 3.05) is 24.2 Å². The molecule has 0 aliphatic heterocycles. The number of rotatable bonds is 13. The summed E-state index contributed by atoms with van der Waals surface area (Å²) >= 11 is 0. The van der Waals surface area contributed by atoms with Crippen LogP contribution in [-0.4, -0.2) is 57.1 Å². The summed E-state index contributed by atoms with van der Waals surface area (Å²) < 4.78 is 38.0. The molecular weight excluding hydrogens is 554 g/mol. The number of nitrogens with one attached hydrogen (secondary N) is 1. The molecule has 0 spiro atoms. The number of carbonyl (C=O) groups excluding carboxylic acids is 2. The first-order valence-electron chi connectivity index (χ1n) is 14.2. The number of para-hydroxylation sites is 1. The summed E-state index contributed by atoms with van der Waals surface area (Å²) in [4.78, 5) is 28.9. The van der Waals surface area contributed by atoms with Gasteiger partial charge in [0.2, 0.25) is 21.8 Å². The van der Waals surface area contributed by atoms with Gasteiger partial charge in [-0.05, 0) is 73.4 Å². The zero-order chi connectivity index (χ0) is 30.1. The molecule has 10 heteroatoms.